The van der Waals surface area contributed by atoms with Crippen LogP contribution in [0.1, 0.15) is 37.0 Å². The number of ether oxygens (including phenoxy) is 1. The Morgan fingerprint density at radius 3 is 2.67 bits per heavy atom. The van der Waals surface area contributed by atoms with E-state index in [4.69, 9.17) is 20.9 Å². The molecule has 0 fully saturated rings. The van der Waals surface area contributed by atoms with Crippen LogP contribution in [0.25, 0.3) is 5.57 Å². The molecule has 0 bridgehead atoms. The quantitative estimate of drug-likeness (QED) is 0.479. The van der Waals surface area contributed by atoms with Crippen LogP contribution in [0, 0.1) is 0 Å². The number of hydrogen-bond donors (Lipinski definition) is 1. The molecule has 1 amide bonds. The second kappa shape index (κ2) is 11.1. The first-order valence-corrected chi connectivity index (χ1v) is 11.5. The second-order valence-corrected chi connectivity index (χ2v) is 8.29. The van der Waals surface area contributed by atoms with Gasteiger partial charge in [-0.05, 0) is 60.9 Å². The predicted molar refractivity (Wildman–Crippen MR) is 128 cm³/mol. The first-order chi connectivity index (χ1) is 16.1. The zero-order chi connectivity index (χ0) is 23.0. The average molecular weight is 467 g/mol. The number of nitrogens with one attached hydrogen (secondary N) is 1. The molecule has 1 aliphatic heterocycles. The van der Waals surface area contributed by atoms with Gasteiger partial charge in [0.1, 0.15) is 5.75 Å². The highest BCUT2D eigenvalue weighted by atomic mass is 35.5. The summed E-state index contributed by atoms with van der Waals surface area (Å²) < 4.78 is 10.8. The van der Waals surface area contributed by atoms with Crippen molar-refractivity contribution >= 4 is 28.8 Å². The largest absolute Gasteiger partial charge is 0.494 e. The number of aromatic nitrogens is 2. The smallest absolute Gasteiger partial charge is 0.227 e. The minimum atomic E-state index is -0.103. The van der Waals surface area contributed by atoms with Crippen molar-refractivity contribution in [2.45, 2.75) is 32.7 Å². The maximum Gasteiger partial charge on any atom is 0.227 e. The molecule has 1 aromatic heterocycles. The Balaban J connectivity index is 1.24. The third kappa shape index (κ3) is 6.66. The number of carbonyl (C=O) groups is 1. The molecule has 0 unspecified atom stereocenters. The van der Waals surface area contributed by atoms with E-state index in [1.165, 1.54) is 5.56 Å². The van der Waals surface area contributed by atoms with E-state index in [0.717, 1.165) is 48.1 Å². The number of nitrogens with zero attached hydrogens (tertiary/aromatic N) is 3. The van der Waals surface area contributed by atoms with E-state index in [9.17, 15) is 4.79 Å². The normalized spacial score (nSPS) is 14.1. The third-order valence-electron chi connectivity index (χ3n) is 5.38. The monoisotopic (exact) mass is 466 g/mol. The Kier molecular flexibility index (Phi) is 7.75. The van der Waals surface area contributed by atoms with Crippen molar-refractivity contribution in [3.63, 3.8) is 0 Å². The topological polar surface area (TPSA) is 80.5 Å². The van der Waals surface area contributed by atoms with Crippen LogP contribution < -0.4 is 10.1 Å². The van der Waals surface area contributed by atoms with Crippen molar-refractivity contribution in [1.29, 1.82) is 0 Å². The third-order valence-corrected chi connectivity index (χ3v) is 5.63. The van der Waals surface area contributed by atoms with Crippen LogP contribution in [0.15, 0.2) is 59.1 Å². The molecule has 1 aliphatic rings. The average Bonchev–Trinajstić information content (AvgIpc) is 3.30. The van der Waals surface area contributed by atoms with Crippen LogP contribution in [0.3, 0.4) is 0 Å². The van der Waals surface area contributed by atoms with E-state index < -0.39 is 0 Å². The summed E-state index contributed by atoms with van der Waals surface area (Å²) in [5, 5.41) is 7.74. The van der Waals surface area contributed by atoms with Gasteiger partial charge in [-0.25, -0.2) is 0 Å². The lowest BCUT2D eigenvalue weighted by molar-refractivity contribution is -0.116. The van der Waals surface area contributed by atoms with E-state index >= 15 is 0 Å². The molecule has 2 heterocycles. The van der Waals surface area contributed by atoms with E-state index in [0.29, 0.717) is 24.7 Å². The van der Waals surface area contributed by atoms with Gasteiger partial charge in [0.25, 0.3) is 0 Å². The Morgan fingerprint density at radius 1 is 1.18 bits per heavy atom. The fourth-order valence-electron chi connectivity index (χ4n) is 3.64. The van der Waals surface area contributed by atoms with Gasteiger partial charge in [0.05, 0.1) is 6.61 Å². The highest BCUT2D eigenvalue weighted by Gasteiger charge is 2.18. The molecular weight excluding hydrogens is 440 g/mol. The summed E-state index contributed by atoms with van der Waals surface area (Å²) in [6.07, 6.45) is 3.66. The first-order valence-electron chi connectivity index (χ1n) is 11.1. The Hall–Kier alpha value is -3.16. The molecule has 0 saturated carbocycles. The zero-order valence-corrected chi connectivity index (χ0v) is 19.3. The molecule has 172 valence electrons. The first kappa shape index (κ1) is 23.0. The van der Waals surface area contributed by atoms with Crippen LogP contribution in [0.2, 0.25) is 5.02 Å². The Labute approximate surface area is 198 Å². The summed E-state index contributed by atoms with van der Waals surface area (Å²) in [6.45, 7) is 5.16. The summed E-state index contributed by atoms with van der Waals surface area (Å²) >= 11 is 5.96. The Bertz CT molecular complexity index is 1090. The molecule has 0 aliphatic carbocycles. The zero-order valence-electron chi connectivity index (χ0n) is 18.6. The van der Waals surface area contributed by atoms with Crippen LogP contribution in [-0.2, 0) is 17.8 Å². The van der Waals surface area contributed by atoms with Crippen LogP contribution >= 0.6 is 11.6 Å². The molecule has 0 atom stereocenters. The SMILES string of the molecule is CCOc1ccc(NC(=O)CCc2nc(C3=CCN(Cc4ccc(Cl)cc4)CC3)no2)cc1. The molecular formula is C25H27ClN4O3. The molecule has 0 saturated heterocycles. The van der Waals surface area contributed by atoms with Crippen LogP contribution in [0.4, 0.5) is 5.69 Å². The molecule has 1 N–H and O–H groups in total. The summed E-state index contributed by atoms with van der Waals surface area (Å²) in [5.41, 5.74) is 3.04. The summed E-state index contributed by atoms with van der Waals surface area (Å²) in [6, 6.07) is 15.2. The van der Waals surface area contributed by atoms with Gasteiger partial charge >= 0.3 is 0 Å². The number of rotatable bonds is 9. The molecule has 4 rings (SSSR count). The molecule has 33 heavy (non-hydrogen) atoms. The van der Waals surface area contributed by atoms with E-state index in [1.807, 2.05) is 43.3 Å². The van der Waals surface area contributed by atoms with E-state index in [-0.39, 0.29) is 12.3 Å². The van der Waals surface area contributed by atoms with Gasteiger partial charge in [-0.2, -0.15) is 4.98 Å². The van der Waals surface area contributed by atoms with E-state index in [2.05, 4.69) is 38.6 Å². The lowest BCUT2D eigenvalue weighted by Crippen LogP contribution is -2.28. The van der Waals surface area contributed by atoms with Crippen molar-refractivity contribution in [3.8, 4) is 5.75 Å². The summed E-state index contributed by atoms with van der Waals surface area (Å²) in [5.74, 6) is 1.76. The van der Waals surface area contributed by atoms with Gasteiger partial charge in [0.15, 0.2) is 5.82 Å². The number of hydrogen-bond acceptors (Lipinski definition) is 6. The lowest BCUT2D eigenvalue weighted by Gasteiger charge is -2.25. The lowest BCUT2D eigenvalue weighted by atomic mass is 10.1. The van der Waals surface area contributed by atoms with Gasteiger partial charge in [-0.1, -0.05) is 35.0 Å². The summed E-state index contributed by atoms with van der Waals surface area (Å²) in [4.78, 5) is 19.1. The van der Waals surface area contributed by atoms with Crippen molar-refractivity contribution in [1.82, 2.24) is 15.0 Å². The molecule has 8 heteroatoms. The maximum absolute atomic E-state index is 12.3. The van der Waals surface area contributed by atoms with Gasteiger partial charge in [-0.15, -0.1) is 0 Å². The summed E-state index contributed by atoms with van der Waals surface area (Å²) in [7, 11) is 0. The highest BCUT2D eigenvalue weighted by Crippen LogP contribution is 2.22. The van der Waals surface area contributed by atoms with E-state index in [1.54, 1.807) is 0 Å². The van der Waals surface area contributed by atoms with Gasteiger partial charge < -0.3 is 14.6 Å². The molecule has 0 radical (unpaired) electrons. The minimum Gasteiger partial charge on any atom is -0.494 e. The number of aryl methyl sites for hydroxylation is 1. The number of amides is 1. The fourth-order valence-corrected chi connectivity index (χ4v) is 3.76. The van der Waals surface area contributed by atoms with Crippen LogP contribution in [0.5, 0.6) is 5.75 Å². The maximum atomic E-state index is 12.3. The van der Waals surface area contributed by atoms with Crippen molar-refractivity contribution in [2.75, 3.05) is 25.0 Å². The number of carbonyl (C=O) groups excluding carboxylic acids is 1. The predicted octanol–water partition coefficient (Wildman–Crippen LogP) is 4.98. The fraction of sp³-hybridized carbons (Fsp3) is 0.320. The second-order valence-electron chi connectivity index (χ2n) is 7.86. The molecule has 3 aromatic rings. The number of halogens is 1. The molecule has 0 spiro atoms. The standard InChI is InChI=1S/C25H27ClN4O3/c1-2-32-22-9-7-21(8-10-22)27-23(31)11-12-24-28-25(29-33-24)19-13-15-30(16-14-19)17-18-3-5-20(26)6-4-18/h3-10,13H,2,11-12,14-17H2,1H3,(H,27,31). The van der Waals surface area contributed by atoms with Gasteiger partial charge in [0.2, 0.25) is 11.8 Å². The van der Waals surface area contributed by atoms with Crippen molar-refractivity contribution in [3.05, 3.63) is 76.9 Å². The van der Waals surface area contributed by atoms with Crippen molar-refractivity contribution < 1.29 is 14.1 Å². The molecule has 2 aromatic carbocycles. The minimum absolute atomic E-state index is 0.103. The van der Waals surface area contributed by atoms with Gasteiger partial charge in [-0.3, -0.25) is 9.69 Å². The number of benzene rings is 2. The van der Waals surface area contributed by atoms with Gasteiger partial charge in [0, 0.05) is 43.2 Å². The Morgan fingerprint density at radius 2 is 1.97 bits per heavy atom. The number of anilines is 1. The van der Waals surface area contributed by atoms with Crippen molar-refractivity contribution in [2.24, 2.45) is 0 Å². The highest BCUT2D eigenvalue weighted by molar-refractivity contribution is 6.30. The van der Waals surface area contributed by atoms with Crippen LogP contribution in [-0.4, -0.2) is 40.6 Å². The molecule has 7 nitrogen and oxygen atoms in total.